The molecule has 0 radical (unpaired) electrons. The van der Waals surface area contributed by atoms with Gasteiger partial charge in [0.1, 0.15) is 11.5 Å². The molecular weight excluding hydrogens is 250 g/mol. The Morgan fingerprint density at radius 1 is 1.21 bits per heavy atom. The second-order valence-electron chi connectivity index (χ2n) is 3.60. The highest BCUT2D eigenvalue weighted by atomic mass is 16.5. The molecule has 0 aliphatic heterocycles. The zero-order chi connectivity index (χ0) is 14.3. The van der Waals surface area contributed by atoms with E-state index in [1.165, 1.54) is 14.2 Å². The van der Waals surface area contributed by atoms with Crippen LogP contribution in [-0.2, 0) is 9.59 Å². The van der Waals surface area contributed by atoms with Crippen LogP contribution >= 0.6 is 0 Å². The highest BCUT2D eigenvalue weighted by Crippen LogP contribution is 2.28. The van der Waals surface area contributed by atoms with Crippen LogP contribution in [0.2, 0.25) is 0 Å². The normalized spacial score (nSPS) is 9.63. The minimum Gasteiger partial charge on any atom is -0.497 e. The molecule has 0 aliphatic carbocycles. The van der Waals surface area contributed by atoms with Crippen LogP contribution in [0.3, 0.4) is 0 Å². The van der Waals surface area contributed by atoms with Gasteiger partial charge < -0.3 is 25.8 Å². The minimum absolute atomic E-state index is 0.148. The molecule has 0 saturated carbocycles. The first kappa shape index (κ1) is 14.8. The standard InChI is InChI=1S/C12H17N3O4/c1-18-8-3-4-9(10(5-8)19-2)15-12(17)7-14-11(16)6-13/h3-5H,6-7,13H2,1-2H3,(H,14,16)(H,15,17). The first-order valence-electron chi connectivity index (χ1n) is 5.59. The summed E-state index contributed by atoms with van der Waals surface area (Å²) in [6.07, 6.45) is 0. The Balaban J connectivity index is 2.65. The Morgan fingerprint density at radius 2 is 1.95 bits per heavy atom. The number of hydrogen-bond acceptors (Lipinski definition) is 5. The number of anilines is 1. The third-order valence-electron chi connectivity index (χ3n) is 2.31. The smallest absolute Gasteiger partial charge is 0.243 e. The quantitative estimate of drug-likeness (QED) is 0.657. The molecule has 0 bridgehead atoms. The molecule has 4 N–H and O–H groups in total. The number of amides is 2. The van der Waals surface area contributed by atoms with Crippen molar-refractivity contribution in [3.05, 3.63) is 18.2 Å². The molecule has 0 unspecified atom stereocenters. The highest BCUT2D eigenvalue weighted by molar-refractivity contribution is 5.95. The first-order chi connectivity index (χ1) is 9.10. The van der Waals surface area contributed by atoms with Gasteiger partial charge in [0.15, 0.2) is 0 Å². The van der Waals surface area contributed by atoms with Crippen LogP contribution in [0.4, 0.5) is 5.69 Å². The van der Waals surface area contributed by atoms with E-state index < -0.39 is 5.91 Å². The molecule has 0 spiro atoms. The predicted octanol–water partition coefficient (Wildman–Crippen LogP) is -0.283. The lowest BCUT2D eigenvalue weighted by Gasteiger charge is -2.11. The fourth-order valence-corrected chi connectivity index (χ4v) is 1.35. The Hall–Kier alpha value is -2.28. The third kappa shape index (κ3) is 4.47. The molecule has 0 aromatic heterocycles. The molecule has 19 heavy (non-hydrogen) atoms. The van der Waals surface area contributed by atoms with Crippen molar-refractivity contribution in [1.82, 2.24) is 5.32 Å². The molecule has 0 aliphatic rings. The van der Waals surface area contributed by atoms with Crippen molar-refractivity contribution in [2.45, 2.75) is 0 Å². The van der Waals surface area contributed by atoms with Gasteiger partial charge in [-0.25, -0.2) is 0 Å². The van der Waals surface area contributed by atoms with Crippen molar-refractivity contribution in [3.63, 3.8) is 0 Å². The number of rotatable bonds is 6. The van der Waals surface area contributed by atoms with E-state index in [1.807, 2.05) is 0 Å². The number of benzene rings is 1. The number of ether oxygens (including phenoxy) is 2. The van der Waals surface area contributed by atoms with Crippen LogP contribution in [0.5, 0.6) is 11.5 Å². The van der Waals surface area contributed by atoms with Gasteiger partial charge in [-0.3, -0.25) is 9.59 Å². The van der Waals surface area contributed by atoms with Crippen LogP contribution in [0.25, 0.3) is 0 Å². The third-order valence-corrected chi connectivity index (χ3v) is 2.31. The summed E-state index contributed by atoms with van der Waals surface area (Å²) in [6.45, 7) is -0.301. The van der Waals surface area contributed by atoms with Gasteiger partial charge in [0.25, 0.3) is 0 Å². The Labute approximate surface area is 111 Å². The SMILES string of the molecule is COc1ccc(NC(=O)CNC(=O)CN)c(OC)c1. The van der Waals surface area contributed by atoms with E-state index in [1.54, 1.807) is 18.2 Å². The average Bonchev–Trinajstić information content (AvgIpc) is 2.45. The lowest BCUT2D eigenvalue weighted by molar-refractivity contribution is -0.123. The number of hydrogen-bond donors (Lipinski definition) is 3. The van der Waals surface area contributed by atoms with Crippen molar-refractivity contribution < 1.29 is 19.1 Å². The summed E-state index contributed by atoms with van der Waals surface area (Å²) in [5, 5.41) is 4.99. The first-order valence-corrected chi connectivity index (χ1v) is 5.59. The maximum Gasteiger partial charge on any atom is 0.243 e. The maximum atomic E-state index is 11.6. The maximum absolute atomic E-state index is 11.6. The monoisotopic (exact) mass is 267 g/mol. The van der Waals surface area contributed by atoms with Gasteiger partial charge in [0.05, 0.1) is 33.0 Å². The van der Waals surface area contributed by atoms with Crippen molar-refractivity contribution in [3.8, 4) is 11.5 Å². The molecular formula is C12H17N3O4. The number of nitrogens with two attached hydrogens (primary N) is 1. The summed E-state index contributed by atoms with van der Waals surface area (Å²) in [4.78, 5) is 22.5. The van der Waals surface area contributed by atoms with Crippen molar-refractivity contribution in [2.75, 3.05) is 32.6 Å². The van der Waals surface area contributed by atoms with Gasteiger partial charge in [0, 0.05) is 6.07 Å². The van der Waals surface area contributed by atoms with Gasteiger partial charge in [-0.2, -0.15) is 0 Å². The van der Waals surface area contributed by atoms with E-state index in [4.69, 9.17) is 15.2 Å². The van der Waals surface area contributed by atoms with E-state index in [0.29, 0.717) is 17.2 Å². The Morgan fingerprint density at radius 3 is 2.53 bits per heavy atom. The van der Waals surface area contributed by atoms with E-state index in [-0.39, 0.29) is 19.0 Å². The average molecular weight is 267 g/mol. The summed E-state index contributed by atoms with van der Waals surface area (Å²) < 4.78 is 10.2. The molecule has 1 aromatic rings. The molecule has 0 heterocycles. The van der Waals surface area contributed by atoms with Gasteiger partial charge in [-0.1, -0.05) is 0 Å². The second kappa shape index (κ2) is 7.22. The number of methoxy groups -OCH3 is 2. The fraction of sp³-hybridized carbons (Fsp3) is 0.333. The van der Waals surface area contributed by atoms with E-state index in [0.717, 1.165) is 0 Å². The van der Waals surface area contributed by atoms with Crippen LogP contribution < -0.4 is 25.8 Å². The molecule has 104 valence electrons. The topological polar surface area (TPSA) is 103 Å². The van der Waals surface area contributed by atoms with Crippen LogP contribution in [0.15, 0.2) is 18.2 Å². The molecule has 0 atom stereocenters. The lowest BCUT2D eigenvalue weighted by atomic mass is 10.2. The number of carbonyl (C=O) groups excluding carboxylic acids is 2. The second-order valence-corrected chi connectivity index (χ2v) is 3.60. The van der Waals surface area contributed by atoms with Crippen LogP contribution in [0, 0.1) is 0 Å². The fourth-order valence-electron chi connectivity index (χ4n) is 1.35. The Bertz CT molecular complexity index is 462. The molecule has 2 amide bonds. The number of nitrogens with one attached hydrogen (secondary N) is 2. The van der Waals surface area contributed by atoms with Crippen molar-refractivity contribution in [2.24, 2.45) is 5.73 Å². The Kier molecular flexibility index (Phi) is 5.62. The number of carbonyl (C=O) groups is 2. The van der Waals surface area contributed by atoms with Gasteiger partial charge in [-0.05, 0) is 12.1 Å². The zero-order valence-corrected chi connectivity index (χ0v) is 10.9. The predicted molar refractivity (Wildman–Crippen MR) is 70.2 cm³/mol. The summed E-state index contributed by atoms with van der Waals surface area (Å²) in [6, 6.07) is 4.99. The summed E-state index contributed by atoms with van der Waals surface area (Å²) in [7, 11) is 3.02. The van der Waals surface area contributed by atoms with Crippen molar-refractivity contribution >= 4 is 17.5 Å². The van der Waals surface area contributed by atoms with Crippen LogP contribution in [-0.4, -0.2) is 39.1 Å². The summed E-state index contributed by atoms with van der Waals surface area (Å²) in [5.41, 5.74) is 5.61. The largest absolute Gasteiger partial charge is 0.497 e. The van der Waals surface area contributed by atoms with Gasteiger partial charge in [-0.15, -0.1) is 0 Å². The summed E-state index contributed by atoms with van der Waals surface area (Å²) in [5.74, 6) is 0.325. The highest BCUT2D eigenvalue weighted by Gasteiger charge is 2.09. The molecule has 0 saturated heterocycles. The molecule has 1 rings (SSSR count). The van der Waals surface area contributed by atoms with Gasteiger partial charge in [0.2, 0.25) is 11.8 Å². The van der Waals surface area contributed by atoms with Crippen molar-refractivity contribution in [1.29, 1.82) is 0 Å². The van der Waals surface area contributed by atoms with Gasteiger partial charge >= 0.3 is 0 Å². The van der Waals surface area contributed by atoms with Crippen LogP contribution in [0.1, 0.15) is 0 Å². The van der Waals surface area contributed by atoms with E-state index >= 15 is 0 Å². The molecule has 1 aromatic carbocycles. The lowest BCUT2D eigenvalue weighted by Crippen LogP contribution is -2.36. The van der Waals surface area contributed by atoms with E-state index in [2.05, 4.69) is 10.6 Å². The molecule has 0 fully saturated rings. The molecule has 7 nitrogen and oxygen atoms in total. The molecule has 7 heteroatoms. The summed E-state index contributed by atoms with van der Waals surface area (Å²) >= 11 is 0. The van der Waals surface area contributed by atoms with E-state index in [9.17, 15) is 9.59 Å². The zero-order valence-electron chi connectivity index (χ0n) is 10.9. The minimum atomic E-state index is -0.392.